The Balaban J connectivity index is 2.11. The monoisotopic (exact) mass is 281 g/mol. The van der Waals surface area contributed by atoms with Gasteiger partial charge in [0.15, 0.2) is 0 Å². The summed E-state index contributed by atoms with van der Waals surface area (Å²) in [6.07, 6.45) is 3.12. The molecule has 0 aliphatic carbocycles. The lowest BCUT2D eigenvalue weighted by Crippen LogP contribution is -2.03. The number of hydrogen-bond acceptors (Lipinski definition) is 3. The Morgan fingerprint density at radius 3 is 2.88 bits per heavy atom. The predicted molar refractivity (Wildman–Crippen MR) is 63.5 cm³/mol. The van der Waals surface area contributed by atoms with Crippen LogP contribution in [0.1, 0.15) is 5.69 Å². The largest absolute Gasteiger partial charge is 0.376 e. The van der Waals surface area contributed by atoms with Crippen molar-refractivity contribution in [2.24, 2.45) is 0 Å². The number of anilines is 1. The minimum Gasteiger partial charge on any atom is -0.376 e. The fourth-order valence-corrected chi connectivity index (χ4v) is 1.75. The van der Waals surface area contributed by atoms with E-state index in [1.165, 1.54) is 12.4 Å². The zero-order valence-corrected chi connectivity index (χ0v) is 9.91. The molecule has 16 heavy (non-hydrogen) atoms. The maximum atomic E-state index is 13.4. The lowest BCUT2D eigenvalue weighted by atomic mass is 10.3. The first kappa shape index (κ1) is 11.0. The third-order valence-corrected chi connectivity index (χ3v) is 2.71. The van der Waals surface area contributed by atoms with E-state index in [-0.39, 0.29) is 5.82 Å². The molecule has 1 N–H and O–H groups in total. The molecule has 0 amide bonds. The first-order valence-electron chi connectivity index (χ1n) is 4.70. The fourth-order valence-electron chi connectivity index (χ4n) is 1.27. The Morgan fingerprint density at radius 1 is 1.31 bits per heavy atom. The minimum absolute atomic E-state index is 0.288. The molecular formula is C11H9BrFN3. The van der Waals surface area contributed by atoms with Gasteiger partial charge in [-0.2, -0.15) is 0 Å². The molecular weight excluding hydrogens is 273 g/mol. The molecule has 1 aromatic heterocycles. The number of hydrogen-bond donors (Lipinski definition) is 1. The molecule has 3 nitrogen and oxygen atoms in total. The molecule has 0 radical (unpaired) electrons. The van der Waals surface area contributed by atoms with Crippen molar-refractivity contribution in [3.05, 3.63) is 52.8 Å². The van der Waals surface area contributed by atoms with Gasteiger partial charge in [-0.1, -0.05) is 6.07 Å². The summed E-state index contributed by atoms with van der Waals surface area (Å²) in [4.78, 5) is 7.86. The van der Waals surface area contributed by atoms with Crippen molar-refractivity contribution in [3.8, 4) is 0 Å². The Labute approximate surface area is 101 Å². The number of para-hydroxylation sites is 1. The van der Waals surface area contributed by atoms with E-state index >= 15 is 0 Å². The highest BCUT2D eigenvalue weighted by Crippen LogP contribution is 2.25. The first-order valence-corrected chi connectivity index (χ1v) is 5.49. The van der Waals surface area contributed by atoms with Crippen LogP contribution in [0.2, 0.25) is 0 Å². The second-order valence-electron chi connectivity index (χ2n) is 3.15. The molecule has 2 aromatic rings. The molecule has 0 fully saturated rings. The Kier molecular flexibility index (Phi) is 3.46. The van der Waals surface area contributed by atoms with Crippen LogP contribution in [0.4, 0.5) is 10.1 Å². The van der Waals surface area contributed by atoms with E-state index in [2.05, 4.69) is 31.2 Å². The van der Waals surface area contributed by atoms with Gasteiger partial charge in [0.05, 0.1) is 17.9 Å². The number of nitrogens with one attached hydrogen (secondary N) is 1. The zero-order valence-electron chi connectivity index (χ0n) is 8.32. The third kappa shape index (κ3) is 2.55. The quantitative estimate of drug-likeness (QED) is 0.940. The van der Waals surface area contributed by atoms with Gasteiger partial charge in [-0.15, -0.1) is 0 Å². The van der Waals surface area contributed by atoms with Crippen molar-refractivity contribution in [2.75, 3.05) is 5.32 Å². The maximum Gasteiger partial charge on any atom is 0.147 e. The molecule has 0 saturated carbocycles. The summed E-state index contributed by atoms with van der Waals surface area (Å²) in [5.41, 5.74) is 1.26. The second kappa shape index (κ2) is 5.03. The van der Waals surface area contributed by atoms with Crippen molar-refractivity contribution in [1.82, 2.24) is 9.97 Å². The number of nitrogens with zero attached hydrogens (tertiary/aromatic N) is 2. The molecule has 0 saturated heterocycles. The van der Waals surface area contributed by atoms with Crippen LogP contribution in [0.25, 0.3) is 0 Å². The summed E-state index contributed by atoms with van der Waals surface area (Å²) in [5, 5.41) is 2.99. The normalized spacial score (nSPS) is 10.1. The Morgan fingerprint density at radius 2 is 2.19 bits per heavy atom. The van der Waals surface area contributed by atoms with E-state index in [4.69, 9.17) is 0 Å². The molecule has 0 spiro atoms. The molecule has 0 aliphatic rings. The summed E-state index contributed by atoms with van der Waals surface area (Å²) in [5.74, 6) is -0.288. The smallest absolute Gasteiger partial charge is 0.147 e. The van der Waals surface area contributed by atoms with Crippen molar-refractivity contribution in [2.45, 2.75) is 6.54 Å². The van der Waals surface area contributed by atoms with Gasteiger partial charge in [-0.05, 0) is 34.1 Å². The van der Waals surface area contributed by atoms with E-state index in [0.29, 0.717) is 16.7 Å². The molecule has 0 atom stereocenters. The highest BCUT2D eigenvalue weighted by Gasteiger charge is 2.05. The molecule has 0 aliphatic heterocycles. The van der Waals surface area contributed by atoms with E-state index in [1.54, 1.807) is 24.4 Å². The van der Waals surface area contributed by atoms with Crippen molar-refractivity contribution >= 4 is 21.6 Å². The zero-order chi connectivity index (χ0) is 11.4. The van der Waals surface area contributed by atoms with E-state index in [0.717, 1.165) is 5.69 Å². The molecule has 0 bridgehead atoms. The highest BCUT2D eigenvalue weighted by molar-refractivity contribution is 9.10. The predicted octanol–water partition coefficient (Wildman–Crippen LogP) is 2.99. The SMILES string of the molecule is Fc1cccc(Br)c1NCc1ccncn1. The van der Waals surface area contributed by atoms with Gasteiger partial charge in [0.1, 0.15) is 12.1 Å². The average molecular weight is 282 g/mol. The van der Waals surface area contributed by atoms with Gasteiger partial charge in [-0.25, -0.2) is 14.4 Å². The lowest BCUT2D eigenvalue weighted by Gasteiger charge is -2.08. The van der Waals surface area contributed by atoms with Crippen LogP contribution in [-0.2, 0) is 6.54 Å². The molecule has 1 heterocycles. The van der Waals surface area contributed by atoms with Gasteiger partial charge in [0.2, 0.25) is 0 Å². The van der Waals surface area contributed by atoms with Gasteiger partial charge < -0.3 is 5.32 Å². The summed E-state index contributed by atoms with van der Waals surface area (Å²) in [6, 6.07) is 6.62. The molecule has 1 aromatic carbocycles. The lowest BCUT2D eigenvalue weighted by molar-refractivity contribution is 0.629. The van der Waals surface area contributed by atoms with Gasteiger partial charge in [-0.3, -0.25) is 0 Å². The number of rotatable bonds is 3. The van der Waals surface area contributed by atoms with Crippen LogP contribution < -0.4 is 5.32 Å². The fraction of sp³-hybridized carbons (Fsp3) is 0.0909. The third-order valence-electron chi connectivity index (χ3n) is 2.05. The topological polar surface area (TPSA) is 37.8 Å². The number of benzene rings is 1. The Bertz CT molecular complexity index is 456. The van der Waals surface area contributed by atoms with Crippen LogP contribution in [0.15, 0.2) is 41.3 Å². The number of aromatic nitrogens is 2. The van der Waals surface area contributed by atoms with Crippen LogP contribution in [0.3, 0.4) is 0 Å². The summed E-state index contributed by atoms with van der Waals surface area (Å²) >= 11 is 3.29. The standard InChI is InChI=1S/C11H9BrFN3/c12-9-2-1-3-10(13)11(9)15-6-8-4-5-14-7-16-8/h1-5,7,15H,6H2. The van der Waals surface area contributed by atoms with Crippen molar-refractivity contribution < 1.29 is 4.39 Å². The molecule has 5 heteroatoms. The first-order chi connectivity index (χ1) is 7.77. The van der Waals surface area contributed by atoms with E-state index in [1.807, 2.05) is 0 Å². The van der Waals surface area contributed by atoms with Crippen molar-refractivity contribution in [1.29, 1.82) is 0 Å². The van der Waals surface area contributed by atoms with E-state index in [9.17, 15) is 4.39 Å². The van der Waals surface area contributed by atoms with Crippen LogP contribution >= 0.6 is 15.9 Å². The summed E-state index contributed by atoms with van der Waals surface area (Å²) < 4.78 is 14.1. The second-order valence-corrected chi connectivity index (χ2v) is 4.01. The minimum atomic E-state index is -0.288. The van der Waals surface area contributed by atoms with Crippen LogP contribution in [0, 0.1) is 5.82 Å². The van der Waals surface area contributed by atoms with Gasteiger partial charge in [0, 0.05) is 10.7 Å². The van der Waals surface area contributed by atoms with Gasteiger partial charge >= 0.3 is 0 Å². The molecule has 82 valence electrons. The van der Waals surface area contributed by atoms with E-state index < -0.39 is 0 Å². The Hall–Kier alpha value is -1.49. The van der Waals surface area contributed by atoms with Crippen molar-refractivity contribution in [3.63, 3.8) is 0 Å². The van der Waals surface area contributed by atoms with Crippen LogP contribution in [0.5, 0.6) is 0 Å². The maximum absolute atomic E-state index is 13.4. The highest BCUT2D eigenvalue weighted by atomic mass is 79.9. The van der Waals surface area contributed by atoms with Crippen LogP contribution in [-0.4, -0.2) is 9.97 Å². The summed E-state index contributed by atoms with van der Waals surface area (Å²) in [7, 11) is 0. The van der Waals surface area contributed by atoms with Gasteiger partial charge in [0.25, 0.3) is 0 Å². The number of halogens is 2. The average Bonchev–Trinajstić information content (AvgIpc) is 2.30. The molecule has 2 rings (SSSR count). The summed E-state index contributed by atoms with van der Waals surface area (Å²) in [6.45, 7) is 0.460. The molecule has 0 unspecified atom stereocenters.